The maximum atomic E-state index is 10.6. The van der Waals surface area contributed by atoms with E-state index in [1.54, 1.807) is 11.8 Å². The molecule has 1 atom stereocenters. The second-order valence-corrected chi connectivity index (χ2v) is 2.20. The average Bonchev–Trinajstić information content (AvgIpc) is 2.07. The maximum Gasteiger partial charge on any atom is 0.331 e. The van der Waals surface area contributed by atoms with Gasteiger partial charge in [0, 0.05) is 12.5 Å². The van der Waals surface area contributed by atoms with Gasteiger partial charge in [0.2, 0.25) is 0 Å². The zero-order chi connectivity index (χ0) is 10.1. The molecule has 0 spiro atoms. The van der Waals surface area contributed by atoms with Crippen molar-refractivity contribution in [2.45, 2.75) is 13.2 Å². The van der Waals surface area contributed by atoms with Gasteiger partial charge >= 0.3 is 5.97 Å². The van der Waals surface area contributed by atoms with Gasteiger partial charge in [0.05, 0.1) is 0 Å². The van der Waals surface area contributed by atoms with Crippen molar-refractivity contribution in [2.75, 3.05) is 20.5 Å². The van der Waals surface area contributed by atoms with Crippen LogP contribution in [0.1, 0.15) is 6.92 Å². The molecule has 0 saturated heterocycles. The Morgan fingerprint density at radius 2 is 2.00 bits per heavy atom. The molecule has 0 heterocycles. The number of nitrogens with zero attached hydrogens (tertiary/aromatic N) is 1. The summed E-state index contributed by atoms with van der Waals surface area (Å²) in [6.07, 6.45) is 2.44. The summed E-state index contributed by atoms with van der Waals surface area (Å²) in [5, 5.41) is 0. The van der Waals surface area contributed by atoms with Crippen molar-refractivity contribution < 1.29 is 9.53 Å². The van der Waals surface area contributed by atoms with E-state index < -0.39 is 0 Å². The largest absolute Gasteiger partial charge is 0.444 e. The molecule has 72 valence electrons. The Kier molecular flexibility index (Phi) is 9.99. The lowest BCUT2D eigenvalue weighted by molar-refractivity contribution is -0.149. The Morgan fingerprint density at radius 1 is 1.58 bits per heavy atom. The van der Waals surface area contributed by atoms with E-state index >= 15 is 0 Å². The van der Waals surface area contributed by atoms with Crippen molar-refractivity contribution in [3.8, 4) is 0 Å². The highest BCUT2D eigenvalue weighted by Crippen LogP contribution is 1.94. The van der Waals surface area contributed by atoms with E-state index in [2.05, 4.69) is 18.2 Å². The molecule has 0 amide bonds. The molecule has 0 aliphatic rings. The van der Waals surface area contributed by atoms with Gasteiger partial charge in [-0.05, 0) is 21.0 Å². The predicted molar refractivity (Wildman–Crippen MR) is 51.2 cm³/mol. The Balaban J connectivity index is 0. The number of esters is 1. The molecular formula is C8H16ClNO2. The van der Waals surface area contributed by atoms with Crippen LogP contribution in [0, 0.1) is 0 Å². The molecule has 0 aromatic carbocycles. The minimum Gasteiger partial charge on any atom is -0.444 e. The molecule has 3 nitrogen and oxygen atoms in total. The fraction of sp³-hybridized carbons (Fsp3) is 0.625. The van der Waals surface area contributed by atoms with Crippen molar-refractivity contribution in [3.63, 3.8) is 0 Å². The normalized spacial score (nSPS) is 11.2. The highest BCUT2D eigenvalue weighted by Gasteiger charge is 2.06. The van der Waals surface area contributed by atoms with Crippen LogP contribution in [0.4, 0.5) is 0 Å². The summed E-state index contributed by atoms with van der Waals surface area (Å²) in [6.45, 7) is 5.07. The Bertz CT molecular complexity index is 137. The van der Waals surface area contributed by atoms with E-state index in [1.807, 2.05) is 14.1 Å². The summed E-state index contributed by atoms with van der Waals surface area (Å²) >= 11 is 4.64. The van der Waals surface area contributed by atoms with Crippen LogP contribution in [-0.4, -0.2) is 37.6 Å². The molecule has 1 unspecified atom stereocenters. The van der Waals surface area contributed by atoms with E-state index in [-0.39, 0.29) is 12.2 Å². The highest BCUT2D eigenvalue weighted by molar-refractivity contribution is 6.15. The molecule has 0 aromatic heterocycles. The van der Waals surface area contributed by atoms with Crippen molar-refractivity contribution >= 4 is 17.6 Å². The molecule has 0 aliphatic carbocycles. The van der Waals surface area contributed by atoms with Crippen LogP contribution in [-0.2, 0) is 9.53 Å². The van der Waals surface area contributed by atoms with E-state index in [4.69, 9.17) is 4.74 Å². The number of alkyl halides is 1. The summed E-state index contributed by atoms with van der Waals surface area (Å²) < 4.78 is 4.83. The van der Waals surface area contributed by atoms with Gasteiger partial charge in [-0.2, -0.15) is 0 Å². The summed E-state index contributed by atoms with van der Waals surface area (Å²) in [6, 6.07) is 0. The number of ether oxygens (including phenoxy) is 1. The zero-order valence-corrected chi connectivity index (χ0v) is 8.76. The first-order valence-electron chi connectivity index (χ1n) is 3.45. The van der Waals surface area contributed by atoms with Crippen LogP contribution in [0.5, 0.6) is 0 Å². The van der Waals surface area contributed by atoms with E-state index in [0.717, 1.165) is 6.08 Å². The Hall–Kier alpha value is -0.540. The molecule has 0 aromatic rings. The molecular weight excluding hydrogens is 178 g/mol. The lowest BCUT2D eigenvalue weighted by atomic mass is 10.6. The predicted octanol–water partition coefficient (Wildman–Crippen LogP) is 1.48. The first-order valence-corrected chi connectivity index (χ1v) is 4.20. The van der Waals surface area contributed by atoms with E-state index in [9.17, 15) is 4.79 Å². The van der Waals surface area contributed by atoms with E-state index in [1.165, 1.54) is 6.38 Å². The number of hydrogen-bond acceptors (Lipinski definition) is 3. The van der Waals surface area contributed by atoms with Gasteiger partial charge in [-0.25, -0.2) is 4.79 Å². The van der Waals surface area contributed by atoms with Crippen LogP contribution >= 0.6 is 11.6 Å². The summed E-state index contributed by atoms with van der Waals surface area (Å²) in [4.78, 5) is 12.4. The van der Waals surface area contributed by atoms with Gasteiger partial charge in [-0.1, -0.05) is 6.58 Å². The second-order valence-electron chi connectivity index (χ2n) is 2.20. The minimum atomic E-state index is -0.388. The van der Waals surface area contributed by atoms with Crippen molar-refractivity contribution in [3.05, 3.63) is 12.7 Å². The third kappa shape index (κ3) is 7.57. The van der Waals surface area contributed by atoms with Crippen LogP contribution < -0.4 is 0 Å². The third-order valence-electron chi connectivity index (χ3n) is 1.18. The second kappa shape index (κ2) is 8.56. The number of carbonyl (C=O) groups is 1. The topological polar surface area (TPSA) is 29.5 Å². The number of halogens is 1. The van der Waals surface area contributed by atoms with Crippen LogP contribution in [0.3, 0.4) is 0 Å². The fourth-order valence-corrected chi connectivity index (χ4v) is 0.322. The van der Waals surface area contributed by atoms with Gasteiger partial charge in [0.1, 0.15) is 0 Å². The summed E-state index contributed by atoms with van der Waals surface area (Å²) in [5.74, 6) is -0.388. The SMILES string of the molecule is C=CC(=O)OC(C)N(C)C.CCl. The van der Waals surface area contributed by atoms with E-state index in [0.29, 0.717) is 0 Å². The minimum absolute atomic E-state index is 0.189. The molecule has 0 rings (SSSR count). The Labute approximate surface area is 78.9 Å². The quantitative estimate of drug-likeness (QED) is 0.294. The van der Waals surface area contributed by atoms with Crippen LogP contribution in [0.2, 0.25) is 0 Å². The first kappa shape index (κ1) is 14.0. The molecule has 0 bridgehead atoms. The molecule has 0 aliphatic heterocycles. The average molecular weight is 194 g/mol. The molecule has 0 fully saturated rings. The van der Waals surface area contributed by atoms with Gasteiger partial charge < -0.3 is 4.74 Å². The molecule has 0 N–H and O–H groups in total. The third-order valence-corrected chi connectivity index (χ3v) is 1.18. The monoisotopic (exact) mass is 193 g/mol. The van der Waals surface area contributed by atoms with Crippen LogP contribution in [0.25, 0.3) is 0 Å². The Morgan fingerprint density at radius 3 is 2.25 bits per heavy atom. The molecule has 12 heavy (non-hydrogen) atoms. The molecule has 0 saturated carbocycles. The highest BCUT2D eigenvalue weighted by atomic mass is 35.5. The first-order chi connectivity index (χ1) is 5.57. The smallest absolute Gasteiger partial charge is 0.331 e. The number of hydrogen-bond donors (Lipinski definition) is 0. The van der Waals surface area contributed by atoms with Gasteiger partial charge in [0.25, 0.3) is 0 Å². The molecule has 4 heteroatoms. The van der Waals surface area contributed by atoms with Crippen LogP contribution in [0.15, 0.2) is 12.7 Å². The van der Waals surface area contributed by atoms with Crippen molar-refractivity contribution in [1.29, 1.82) is 0 Å². The zero-order valence-electron chi connectivity index (χ0n) is 8.00. The fourth-order valence-electron chi connectivity index (χ4n) is 0.322. The molecule has 0 radical (unpaired) electrons. The van der Waals surface area contributed by atoms with Crippen molar-refractivity contribution in [2.24, 2.45) is 0 Å². The van der Waals surface area contributed by atoms with Crippen molar-refractivity contribution in [1.82, 2.24) is 4.90 Å². The van der Waals surface area contributed by atoms with Gasteiger partial charge in [-0.15, -0.1) is 11.6 Å². The lowest BCUT2D eigenvalue weighted by Gasteiger charge is -2.18. The number of carbonyl (C=O) groups excluding carboxylic acids is 1. The summed E-state index contributed by atoms with van der Waals surface area (Å²) in [5.41, 5.74) is 0. The summed E-state index contributed by atoms with van der Waals surface area (Å²) in [7, 11) is 3.67. The number of rotatable bonds is 3. The maximum absolute atomic E-state index is 10.6. The van der Waals surface area contributed by atoms with Gasteiger partial charge in [-0.3, -0.25) is 4.90 Å². The standard InChI is InChI=1S/C7H13NO2.CH3Cl/c1-5-7(9)10-6(2)8(3)4;1-2/h5-6H,1H2,2-4H3;1H3. The lowest BCUT2D eigenvalue weighted by Crippen LogP contribution is -2.29. The van der Waals surface area contributed by atoms with Gasteiger partial charge in [0.15, 0.2) is 6.23 Å².